The Hall–Kier alpha value is -7.46. The number of para-hydroxylation sites is 8. The zero-order valence-electron chi connectivity index (χ0n) is 38.2. The third kappa shape index (κ3) is 13.3. The second kappa shape index (κ2) is 21.1. The Morgan fingerprint density at radius 1 is 0.406 bits per heavy atom. The van der Waals surface area contributed by atoms with Crippen LogP contribution in [0.4, 0.5) is 0 Å². The molecule has 64 heavy (non-hydrogen) atoms. The van der Waals surface area contributed by atoms with Crippen LogP contribution in [0, 0.1) is 0 Å². The number of aromatic hydroxyl groups is 2. The Morgan fingerprint density at radius 2 is 0.609 bits per heavy atom. The second-order valence-electron chi connectivity index (χ2n) is 17.4. The Labute approximate surface area is 373 Å². The normalized spacial score (nSPS) is 10.9. The molecule has 6 aromatic carbocycles. The van der Waals surface area contributed by atoms with Crippen molar-refractivity contribution < 1.29 is 28.6 Å². The van der Waals surface area contributed by atoms with E-state index in [1.165, 1.54) is 27.7 Å². The Bertz CT molecular complexity index is 2760. The van der Waals surface area contributed by atoms with Gasteiger partial charge in [-0.15, -0.1) is 0 Å². The molecule has 0 unspecified atom stereocenters. The van der Waals surface area contributed by atoms with E-state index in [1.807, 2.05) is 121 Å². The molecule has 0 spiro atoms. The molecular weight excluding hydrogens is 801 g/mol. The summed E-state index contributed by atoms with van der Waals surface area (Å²) in [6.45, 7) is 18.8. The van der Waals surface area contributed by atoms with Gasteiger partial charge in [-0.3, -0.25) is 19.9 Å². The van der Waals surface area contributed by atoms with Gasteiger partial charge in [-0.25, -0.2) is 0 Å². The first-order chi connectivity index (χ1) is 30.3. The molecule has 0 radical (unpaired) electrons. The summed E-state index contributed by atoms with van der Waals surface area (Å²) in [7, 11) is 0. The van der Waals surface area contributed by atoms with Crippen LogP contribution >= 0.6 is 0 Å². The molecule has 1 heterocycles. The fourth-order valence-electron chi connectivity index (χ4n) is 6.01. The molecule has 0 fully saturated rings. The van der Waals surface area contributed by atoms with Crippen LogP contribution in [0.5, 0.6) is 11.5 Å². The van der Waals surface area contributed by atoms with Gasteiger partial charge in [0.05, 0.1) is 0 Å². The van der Waals surface area contributed by atoms with Crippen molar-refractivity contribution in [3.8, 4) is 11.5 Å². The molecule has 0 saturated heterocycles. The molecule has 0 saturated carbocycles. The van der Waals surface area contributed by atoms with Crippen molar-refractivity contribution >= 4 is 77.5 Å². The quantitative estimate of drug-likeness (QED) is 0.151. The van der Waals surface area contributed by atoms with Crippen molar-refractivity contribution in [1.82, 2.24) is 19.9 Å². The highest BCUT2D eigenvalue weighted by Crippen LogP contribution is 2.33. The first-order valence-electron chi connectivity index (χ1n) is 20.9. The first-order valence-corrected chi connectivity index (χ1v) is 20.9. The minimum atomic E-state index is -0.233. The number of fused-ring (bicyclic) bond motifs is 8. The predicted molar refractivity (Wildman–Crippen MR) is 260 cm³/mol. The van der Waals surface area contributed by atoms with Crippen LogP contribution in [-0.4, -0.2) is 41.7 Å². The first kappa shape index (κ1) is 47.6. The average molecular weight is 857 g/mol. The van der Waals surface area contributed by atoms with Gasteiger partial charge in [0.1, 0.15) is 45.1 Å². The summed E-state index contributed by atoms with van der Waals surface area (Å²) in [4.78, 5) is 38.1. The van der Waals surface area contributed by atoms with E-state index in [9.17, 15) is 19.8 Å². The van der Waals surface area contributed by atoms with Crippen LogP contribution in [0.3, 0.4) is 0 Å². The van der Waals surface area contributed by atoms with Crippen LogP contribution in [0.1, 0.15) is 80.4 Å². The lowest BCUT2D eigenvalue weighted by Gasteiger charge is -2.19. The van der Waals surface area contributed by atoms with Crippen LogP contribution in [0.15, 0.2) is 155 Å². The van der Waals surface area contributed by atoms with Gasteiger partial charge in [0.2, 0.25) is 0 Å². The molecule has 10 heteroatoms. The number of phenols is 2. The van der Waals surface area contributed by atoms with E-state index in [2.05, 4.69) is 41.5 Å². The molecule has 0 aliphatic heterocycles. The van der Waals surface area contributed by atoms with E-state index in [1.54, 1.807) is 24.8 Å². The third-order valence-electron chi connectivity index (χ3n) is 9.34. The highest BCUT2D eigenvalue weighted by atomic mass is 16.3. The Kier molecular flexibility index (Phi) is 15.7. The number of rotatable bonds is 0. The highest BCUT2D eigenvalue weighted by molar-refractivity contribution is 5.84. The molecule has 328 valence electrons. The zero-order chi connectivity index (χ0) is 46.6. The summed E-state index contributed by atoms with van der Waals surface area (Å²) in [6, 6.07) is 37.5. The summed E-state index contributed by atoms with van der Waals surface area (Å²) in [5, 5.41) is 25.3. The van der Waals surface area contributed by atoms with Gasteiger partial charge < -0.3 is 28.6 Å². The SMILES string of the molecule is CC(C)(C)c1cc2cnc3ccccc3oc3ccccc3ncc3cc(C(C)(C)C)cc(cnc4ccccc4oc4ccccc4ncc(c1)c2O)c3O.CC(C)=O.CC(C)=O. The van der Waals surface area contributed by atoms with Crippen molar-refractivity contribution in [2.24, 2.45) is 0 Å². The topological polar surface area (TPSA) is 152 Å². The van der Waals surface area contributed by atoms with Gasteiger partial charge in [0.15, 0.2) is 22.3 Å². The van der Waals surface area contributed by atoms with Crippen LogP contribution in [0.2, 0.25) is 0 Å². The van der Waals surface area contributed by atoms with Crippen molar-refractivity contribution in [3.63, 3.8) is 0 Å². The molecule has 0 atom stereocenters. The predicted octanol–water partition coefficient (Wildman–Crippen LogP) is 13.6. The van der Waals surface area contributed by atoms with Crippen molar-refractivity contribution in [2.75, 3.05) is 0 Å². The third-order valence-corrected chi connectivity index (χ3v) is 9.34. The van der Waals surface area contributed by atoms with Gasteiger partial charge in [0, 0.05) is 46.3 Å². The fourth-order valence-corrected chi connectivity index (χ4v) is 6.01. The summed E-state index contributed by atoms with van der Waals surface area (Å²) in [5.41, 5.74) is 5.77. The minimum absolute atomic E-state index is 0.0391. The van der Waals surface area contributed by atoms with Gasteiger partial charge >= 0.3 is 0 Å². The number of hydrogen-bond donors (Lipinski definition) is 2. The van der Waals surface area contributed by atoms with E-state index in [0.717, 1.165) is 11.1 Å². The van der Waals surface area contributed by atoms with E-state index < -0.39 is 0 Å². The molecule has 0 amide bonds. The number of phenolic OH excluding ortho intramolecular Hbond substituents is 2. The maximum absolute atomic E-state index is 11.6. The van der Waals surface area contributed by atoms with Gasteiger partial charge in [-0.1, -0.05) is 90.1 Å². The molecule has 4 bridgehead atoms. The van der Waals surface area contributed by atoms with Gasteiger partial charge in [-0.2, -0.15) is 0 Å². The molecular formula is C54H56N4O6. The van der Waals surface area contributed by atoms with Crippen LogP contribution in [0.25, 0.3) is 65.9 Å². The van der Waals surface area contributed by atoms with Crippen molar-refractivity contribution in [3.05, 3.63) is 157 Å². The number of aromatic nitrogens is 4. The number of Topliss-reactive ketones (excluding diaryl/α,β-unsaturated/α-hetero) is 2. The van der Waals surface area contributed by atoms with E-state index in [-0.39, 0.29) is 33.9 Å². The molecule has 0 aliphatic rings. The molecule has 2 N–H and O–H groups in total. The number of hydrogen-bond acceptors (Lipinski definition) is 10. The number of benzene rings is 6. The Balaban J connectivity index is 0.000000890. The van der Waals surface area contributed by atoms with Crippen molar-refractivity contribution in [1.29, 1.82) is 0 Å². The monoisotopic (exact) mass is 856 g/mol. The fraction of sp³-hybridized carbons (Fsp3) is 0.222. The standard InChI is InChI=1S/C48H44N4O4.2C3H6O/c1-47(2,3)35-23-31-27-49-37-15-7-11-19-41(37)55-43-21-13-9-17-39(43)51-29-33-25-36(48(4,5)6)26-34(46(33)54)30-52-40-18-10-14-22-44(40)56-42-20-12-8-16-38(42)50-28-32(24-35)45(31)53;2*1-3(2)4/h7-30,53-54H,1-6H3;2*1-2H3. The minimum Gasteiger partial charge on any atom is -0.507 e. The maximum atomic E-state index is 11.6. The second-order valence-corrected chi connectivity index (χ2v) is 17.4. The molecule has 1 aromatic heterocycles. The average Bonchev–Trinajstić information content (AvgIpc) is 3.22. The lowest BCUT2D eigenvalue weighted by molar-refractivity contribution is -0.115. The number of ketones is 2. The van der Waals surface area contributed by atoms with Crippen LogP contribution < -0.4 is 0 Å². The summed E-state index contributed by atoms with van der Waals surface area (Å²) in [6.07, 6.45) is 6.57. The van der Waals surface area contributed by atoms with Crippen LogP contribution in [-0.2, 0) is 20.4 Å². The lowest BCUT2D eigenvalue weighted by Crippen LogP contribution is -2.10. The molecule has 7 rings (SSSR count). The summed E-state index contributed by atoms with van der Waals surface area (Å²) in [5.74, 6) is 0.411. The largest absolute Gasteiger partial charge is 0.507 e. The zero-order valence-corrected chi connectivity index (χ0v) is 38.2. The summed E-state index contributed by atoms with van der Waals surface area (Å²) >= 11 is 0. The van der Waals surface area contributed by atoms with E-state index >= 15 is 0 Å². The molecule has 10 nitrogen and oxygen atoms in total. The number of nitrogens with zero attached hydrogens (tertiary/aromatic N) is 4. The van der Waals surface area contributed by atoms with Gasteiger partial charge in [0.25, 0.3) is 0 Å². The van der Waals surface area contributed by atoms with Gasteiger partial charge in [-0.05, 0) is 122 Å². The Morgan fingerprint density at radius 3 is 0.812 bits per heavy atom. The lowest BCUT2D eigenvalue weighted by atomic mass is 9.86. The van der Waals surface area contributed by atoms with Crippen molar-refractivity contribution in [2.45, 2.75) is 80.1 Å². The number of carbonyl (C=O) groups is 2. The van der Waals surface area contributed by atoms with E-state index in [4.69, 9.17) is 28.8 Å². The molecule has 7 aromatic rings. The van der Waals surface area contributed by atoms with E-state index in [0.29, 0.717) is 65.9 Å². The highest BCUT2D eigenvalue weighted by Gasteiger charge is 2.17. The molecule has 0 aliphatic carbocycles. The smallest absolute Gasteiger partial charge is 0.153 e. The number of carbonyl (C=O) groups excluding carboxylic acids is 2. The maximum Gasteiger partial charge on any atom is 0.153 e. The summed E-state index contributed by atoms with van der Waals surface area (Å²) < 4.78 is 12.9.